The molecule has 6 nitrogen and oxygen atoms in total. The molecule has 1 amide bonds. The lowest BCUT2D eigenvalue weighted by molar-refractivity contribution is 0.103. The lowest BCUT2D eigenvalue weighted by atomic mass is 10.3. The van der Waals surface area contributed by atoms with Crippen molar-refractivity contribution in [3.05, 3.63) is 70.1 Å². The maximum Gasteiger partial charge on any atom is 0.266 e. The van der Waals surface area contributed by atoms with Gasteiger partial charge < -0.3 is 5.32 Å². The van der Waals surface area contributed by atoms with Gasteiger partial charge in [-0.2, -0.15) is 0 Å². The van der Waals surface area contributed by atoms with Crippen molar-refractivity contribution in [3.63, 3.8) is 0 Å². The van der Waals surface area contributed by atoms with E-state index in [1.807, 2.05) is 6.07 Å². The summed E-state index contributed by atoms with van der Waals surface area (Å²) in [5, 5.41) is 3.14. The third kappa shape index (κ3) is 2.36. The van der Waals surface area contributed by atoms with Gasteiger partial charge in [-0.25, -0.2) is 9.97 Å². The zero-order valence-electron chi connectivity index (χ0n) is 11.8. The highest BCUT2D eigenvalue weighted by Gasteiger charge is 2.15. The van der Waals surface area contributed by atoms with E-state index in [1.165, 1.54) is 15.7 Å². The van der Waals surface area contributed by atoms with Crippen LogP contribution in [0.15, 0.2) is 59.7 Å². The van der Waals surface area contributed by atoms with Gasteiger partial charge in [-0.3, -0.25) is 14.0 Å². The molecule has 0 aliphatic rings. The van der Waals surface area contributed by atoms with Crippen molar-refractivity contribution in [1.82, 2.24) is 14.4 Å². The third-order valence-corrected chi connectivity index (χ3v) is 4.37. The Bertz CT molecular complexity index is 1090. The molecule has 23 heavy (non-hydrogen) atoms. The van der Waals surface area contributed by atoms with Crippen LogP contribution in [0.2, 0.25) is 0 Å². The molecule has 112 valence electrons. The molecule has 0 saturated carbocycles. The molecule has 4 aromatic rings. The van der Waals surface area contributed by atoms with Crippen molar-refractivity contribution in [2.45, 2.75) is 0 Å². The molecule has 0 aromatic carbocycles. The Hall–Kier alpha value is -3.06. The SMILES string of the molecule is O=C(Nc1ccccn1)c1cc2c(=O)n3ccccc3nc2s1. The topological polar surface area (TPSA) is 76.4 Å². The van der Waals surface area contributed by atoms with Gasteiger partial charge >= 0.3 is 0 Å². The van der Waals surface area contributed by atoms with Crippen molar-refractivity contribution >= 4 is 38.9 Å². The molecule has 4 rings (SSSR count). The molecule has 0 aliphatic heterocycles. The van der Waals surface area contributed by atoms with E-state index in [4.69, 9.17) is 0 Å². The number of anilines is 1. The summed E-state index contributed by atoms with van der Waals surface area (Å²) in [6, 6.07) is 12.2. The fraction of sp³-hybridized carbons (Fsp3) is 0. The molecule has 7 heteroatoms. The number of aromatic nitrogens is 3. The van der Waals surface area contributed by atoms with Crippen molar-refractivity contribution in [3.8, 4) is 0 Å². The first kappa shape index (κ1) is 13.6. The molecular formula is C16H10N4O2S. The number of nitrogens with one attached hydrogen (secondary N) is 1. The molecule has 4 heterocycles. The van der Waals surface area contributed by atoms with Gasteiger partial charge in [-0.05, 0) is 30.3 Å². The Balaban J connectivity index is 1.80. The predicted octanol–water partition coefficient (Wildman–Crippen LogP) is 2.56. The molecule has 0 spiro atoms. The molecule has 0 atom stereocenters. The van der Waals surface area contributed by atoms with Crippen molar-refractivity contribution in [2.75, 3.05) is 5.32 Å². The average molecular weight is 322 g/mol. The highest BCUT2D eigenvalue weighted by molar-refractivity contribution is 7.20. The summed E-state index contributed by atoms with van der Waals surface area (Å²) in [4.78, 5) is 34.2. The lowest BCUT2D eigenvalue weighted by Crippen LogP contribution is -2.13. The van der Waals surface area contributed by atoms with E-state index in [1.54, 1.807) is 48.8 Å². The average Bonchev–Trinajstić information content (AvgIpc) is 3.00. The van der Waals surface area contributed by atoms with Gasteiger partial charge in [0.05, 0.1) is 10.3 Å². The summed E-state index contributed by atoms with van der Waals surface area (Å²) in [6.45, 7) is 0. The number of amides is 1. The van der Waals surface area contributed by atoms with Crippen LogP contribution in [0, 0.1) is 0 Å². The number of fused-ring (bicyclic) bond motifs is 2. The molecule has 4 aromatic heterocycles. The Morgan fingerprint density at radius 2 is 2.04 bits per heavy atom. The quantitative estimate of drug-likeness (QED) is 0.615. The Kier molecular flexibility index (Phi) is 3.13. The van der Waals surface area contributed by atoms with Gasteiger partial charge in [0.2, 0.25) is 0 Å². The molecule has 0 saturated heterocycles. The smallest absolute Gasteiger partial charge is 0.266 e. The summed E-state index contributed by atoms with van der Waals surface area (Å²) >= 11 is 1.19. The van der Waals surface area contributed by atoms with E-state index >= 15 is 0 Å². The maximum atomic E-state index is 12.5. The second-order valence-electron chi connectivity index (χ2n) is 4.84. The first-order valence-electron chi connectivity index (χ1n) is 6.86. The monoisotopic (exact) mass is 322 g/mol. The van der Waals surface area contributed by atoms with Gasteiger partial charge in [0.1, 0.15) is 16.3 Å². The number of hydrogen-bond donors (Lipinski definition) is 1. The maximum absolute atomic E-state index is 12.5. The fourth-order valence-electron chi connectivity index (χ4n) is 2.27. The summed E-state index contributed by atoms with van der Waals surface area (Å²) in [5.74, 6) is 0.157. The van der Waals surface area contributed by atoms with Crippen LogP contribution in [0.1, 0.15) is 9.67 Å². The number of pyridine rings is 2. The van der Waals surface area contributed by atoms with E-state index in [-0.39, 0.29) is 11.5 Å². The number of carbonyl (C=O) groups excluding carboxylic acids is 1. The fourth-order valence-corrected chi connectivity index (χ4v) is 3.20. The lowest BCUT2D eigenvalue weighted by Gasteiger charge is -2.00. The highest BCUT2D eigenvalue weighted by atomic mass is 32.1. The minimum Gasteiger partial charge on any atom is -0.306 e. The zero-order valence-corrected chi connectivity index (χ0v) is 12.6. The first-order chi connectivity index (χ1) is 11.2. The minimum atomic E-state index is -0.305. The number of carbonyl (C=O) groups is 1. The Labute approximate surface area is 134 Å². The number of rotatable bonds is 2. The number of thiophene rings is 1. The summed E-state index contributed by atoms with van der Waals surface area (Å²) in [6.07, 6.45) is 3.26. The van der Waals surface area contributed by atoms with Crippen LogP contribution >= 0.6 is 11.3 Å². The molecule has 0 fully saturated rings. The Morgan fingerprint density at radius 3 is 2.87 bits per heavy atom. The van der Waals surface area contributed by atoms with Crippen LogP contribution < -0.4 is 10.9 Å². The molecular weight excluding hydrogens is 312 g/mol. The van der Waals surface area contributed by atoms with Crippen molar-refractivity contribution < 1.29 is 4.79 Å². The second kappa shape index (κ2) is 5.29. The van der Waals surface area contributed by atoms with Crippen LogP contribution in [0.25, 0.3) is 15.9 Å². The second-order valence-corrected chi connectivity index (χ2v) is 5.88. The molecule has 0 unspecified atom stereocenters. The Morgan fingerprint density at radius 1 is 1.17 bits per heavy atom. The zero-order chi connectivity index (χ0) is 15.8. The third-order valence-electron chi connectivity index (χ3n) is 3.35. The molecule has 0 radical (unpaired) electrons. The van der Waals surface area contributed by atoms with Crippen LogP contribution in [0.5, 0.6) is 0 Å². The van der Waals surface area contributed by atoms with Crippen molar-refractivity contribution in [2.24, 2.45) is 0 Å². The van der Waals surface area contributed by atoms with Crippen LogP contribution in [-0.4, -0.2) is 20.3 Å². The van der Waals surface area contributed by atoms with E-state index in [0.717, 1.165) is 0 Å². The number of hydrogen-bond acceptors (Lipinski definition) is 5. The highest BCUT2D eigenvalue weighted by Crippen LogP contribution is 2.22. The standard InChI is InChI=1S/C16H10N4O2S/c21-14(18-12-5-1-3-7-17-12)11-9-10-15(23-11)19-13-6-2-4-8-20(13)16(10)22/h1-9H,(H,17,18,21). The van der Waals surface area contributed by atoms with Crippen LogP contribution in [-0.2, 0) is 0 Å². The van der Waals surface area contributed by atoms with E-state index < -0.39 is 0 Å². The minimum absolute atomic E-state index is 0.182. The van der Waals surface area contributed by atoms with Gasteiger partial charge in [-0.15, -0.1) is 11.3 Å². The molecule has 1 N–H and O–H groups in total. The van der Waals surface area contributed by atoms with Gasteiger partial charge in [0.15, 0.2) is 0 Å². The van der Waals surface area contributed by atoms with E-state index in [0.29, 0.717) is 26.6 Å². The first-order valence-corrected chi connectivity index (χ1v) is 7.67. The van der Waals surface area contributed by atoms with Gasteiger partial charge in [0, 0.05) is 12.4 Å². The van der Waals surface area contributed by atoms with Crippen molar-refractivity contribution in [1.29, 1.82) is 0 Å². The normalized spacial score (nSPS) is 11.0. The largest absolute Gasteiger partial charge is 0.306 e. The molecule has 0 aliphatic carbocycles. The van der Waals surface area contributed by atoms with Crippen LogP contribution in [0.4, 0.5) is 5.82 Å². The van der Waals surface area contributed by atoms with Gasteiger partial charge in [0.25, 0.3) is 11.5 Å². The van der Waals surface area contributed by atoms with Gasteiger partial charge in [-0.1, -0.05) is 12.1 Å². The van der Waals surface area contributed by atoms with E-state index in [2.05, 4.69) is 15.3 Å². The van der Waals surface area contributed by atoms with Crippen LogP contribution in [0.3, 0.4) is 0 Å². The summed E-state index contributed by atoms with van der Waals surface area (Å²) in [5.41, 5.74) is 0.377. The predicted molar refractivity (Wildman–Crippen MR) is 89.0 cm³/mol. The van der Waals surface area contributed by atoms with E-state index in [9.17, 15) is 9.59 Å². The molecule has 0 bridgehead atoms. The summed E-state index contributed by atoms with van der Waals surface area (Å²) < 4.78 is 1.47. The summed E-state index contributed by atoms with van der Waals surface area (Å²) in [7, 11) is 0. The number of nitrogens with zero attached hydrogens (tertiary/aromatic N) is 3.